The summed E-state index contributed by atoms with van der Waals surface area (Å²) in [5.41, 5.74) is 4.68. The van der Waals surface area contributed by atoms with E-state index in [2.05, 4.69) is 23.2 Å². The molecular weight excluding hydrogens is 234 g/mol. The number of benzene rings is 2. The molecule has 96 valence electrons. The van der Waals surface area contributed by atoms with Crippen LogP contribution in [0.4, 0.5) is 5.69 Å². The average molecular weight is 251 g/mol. The van der Waals surface area contributed by atoms with Crippen molar-refractivity contribution in [2.45, 2.75) is 25.7 Å². The summed E-state index contributed by atoms with van der Waals surface area (Å²) < 4.78 is 0. The van der Waals surface area contributed by atoms with Gasteiger partial charge in [-0.05, 0) is 54.5 Å². The van der Waals surface area contributed by atoms with Gasteiger partial charge in [-0.2, -0.15) is 0 Å². The maximum Gasteiger partial charge on any atom is 0.141 e. The molecule has 0 heterocycles. The predicted molar refractivity (Wildman–Crippen MR) is 78.4 cm³/mol. The van der Waals surface area contributed by atoms with Gasteiger partial charge < -0.3 is 5.11 Å². The third-order valence-electron chi connectivity index (χ3n) is 3.66. The number of hydrogen-bond acceptors (Lipinski definition) is 2. The van der Waals surface area contributed by atoms with Gasteiger partial charge in [0.2, 0.25) is 0 Å². The Hall–Kier alpha value is -2.09. The van der Waals surface area contributed by atoms with Crippen molar-refractivity contribution in [1.29, 1.82) is 0 Å². The highest BCUT2D eigenvalue weighted by molar-refractivity contribution is 5.85. The first-order valence-electron chi connectivity index (χ1n) is 6.77. The van der Waals surface area contributed by atoms with E-state index in [1.54, 1.807) is 12.1 Å². The Morgan fingerprint density at radius 1 is 0.947 bits per heavy atom. The number of aromatic hydroxyl groups is 1. The number of phenols is 1. The van der Waals surface area contributed by atoms with E-state index < -0.39 is 0 Å². The van der Waals surface area contributed by atoms with E-state index in [-0.39, 0.29) is 5.75 Å². The number of fused-ring (bicyclic) bond motifs is 1. The second-order valence-corrected chi connectivity index (χ2v) is 4.94. The van der Waals surface area contributed by atoms with Crippen molar-refractivity contribution in [3.8, 4) is 5.75 Å². The maximum absolute atomic E-state index is 9.71. The zero-order valence-corrected chi connectivity index (χ0v) is 10.8. The van der Waals surface area contributed by atoms with E-state index in [0.717, 1.165) is 6.42 Å². The molecule has 0 spiro atoms. The number of aliphatic imine (C=N–C) groups is 1. The third kappa shape index (κ3) is 2.53. The average Bonchev–Trinajstić information content (AvgIpc) is 2.46. The molecule has 2 heteroatoms. The van der Waals surface area contributed by atoms with Crippen molar-refractivity contribution in [2.75, 3.05) is 0 Å². The molecule has 0 aliphatic heterocycles. The van der Waals surface area contributed by atoms with Crippen LogP contribution >= 0.6 is 0 Å². The number of rotatable bonds is 2. The van der Waals surface area contributed by atoms with E-state index in [4.69, 9.17) is 0 Å². The Labute approximate surface area is 113 Å². The first kappa shape index (κ1) is 12.0. The van der Waals surface area contributed by atoms with Crippen LogP contribution in [-0.2, 0) is 12.8 Å². The Morgan fingerprint density at radius 2 is 1.79 bits per heavy atom. The normalized spacial score (nSPS) is 14.5. The predicted octanol–water partition coefficient (Wildman–Crippen LogP) is 4.02. The molecule has 0 unspecified atom stereocenters. The van der Waals surface area contributed by atoms with E-state index >= 15 is 0 Å². The van der Waals surface area contributed by atoms with Crippen LogP contribution in [0.15, 0.2) is 47.5 Å². The Kier molecular flexibility index (Phi) is 3.32. The van der Waals surface area contributed by atoms with Crippen LogP contribution in [-0.4, -0.2) is 11.3 Å². The van der Waals surface area contributed by atoms with Gasteiger partial charge in [0.25, 0.3) is 0 Å². The van der Waals surface area contributed by atoms with Crippen molar-refractivity contribution < 1.29 is 5.11 Å². The standard InChI is InChI=1S/C17H17NO/c19-17-11-4-3-10-16(17)18-12-14-8-5-7-13-6-1-2-9-15(13)14/h3-5,7-8,10-12,19H,1-2,6,9H2. The summed E-state index contributed by atoms with van der Waals surface area (Å²) in [6.45, 7) is 0. The highest BCUT2D eigenvalue weighted by Crippen LogP contribution is 2.27. The zero-order chi connectivity index (χ0) is 13.1. The molecule has 0 aromatic heterocycles. The zero-order valence-electron chi connectivity index (χ0n) is 10.8. The van der Waals surface area contributed by atoms with Crippen molar-refractivity contribution >= 4 is 11.9 Å². The SMILES string of the molecule is Oc1ccccc1N=Cc1cccc2c1CCCC2. The van der Waals surface area contributed by atoms with Gasteiger partial charge in [-0.15, -0.1) is 0 Å². The number of aryl methyl sites for hydroxylation is 1. The van der Waals surface area contributed by atoms with Gasteiger partial charge in [0.15, 0.2) is 0 Å². The monoisotopic (exact) mass is 251 g/mol. The van der Waals surface area contributed by atoms with Crippen LogP contribution in [0.1, 0.15) is 29.5 Å². The van der Waals surface area contributed by atoms with Gasteiger partial charge in [-0.3, -0.25) is 4.99 Å². The molecule has 3 rings (SSSR count). The van der Waals surface area contributed by atoms with Crippen LogP contribution in [0.5, 0.6) is 5.75 Å². The smallest absolute Gasteiger partial charge is 0.141 e. The summed E-state index contributed by atoms with van der Waals surface area (Å²) in [5, 5.41) is 9.71. The Bertz CT molecular complexity index is 616. The molecule has 2 aromatic rings. The van der Waals surface area contributed by atoms with Gasteiger partial charge >= 0.3 is 0 Å². The maximum atomic E-state index is 9.71. The molecule has 2 nitrogen and oxygen atoms in total. The molecule has 0 saturated carbocycles. The third-order valence-corrected chi connectivity index (χ3v) is 3.66. The number of para-hydroxylation sites is 2. The van der Waals surface area contributed by atoms with Gasteiger partial charge in [0, 0.05) is 6.21 Å². The second-order valence-electron chi connectivity index (χ2n) is 4.94. The molecule has 1 aliphatic carbocycles. The Balaban J connectivity index is 1.94. The van der Waals surface area contributed by atoms with E-state index in [1.165, 1.54) is 36.0 Å². The lowest BCUT2D eigenvalue weighted by Gasteiger charge is -2.17. The first-order chi connectivity index (χ1) is 9.34. The molecule has 1 N–H and O–H groups in total. The summed E-state index contributed by atoms with van der Waals surface area (Å²) in [5.74, 6) is 0.226. The van der Waals surface area contributed by atoms with Crippen molar-refractivity contribution in [1.82, 2.24) is 0 Å². The summed E-state index contributed by atoms with van der Waals surface area (Å²) >= 11 is 0. The van der Waals surface area contributed by atoms with E-state index in [9.17, 15) is 5.11 Å². The number of hydrogen-bond donors (Lipinski definition) is 1. The van der Waals surface area contributed by atoms with Gasteiger partial charge in [-0.25, -0.2) is 0 Å². The molecule has 19 heavy (non-hydrogen) atoms. The molecule has 0 atom stereocenters. The van der Waals surface area contributed by atoms with Gasteiger partial charge in [0.1, 0.15) is 11.4 Å². The van der Waals surface area contributed by atoms with Gasteiger partial charge in [-0.1, -0.05) is 30.3 Å². The minimum atomic E-state index is 0.226. The molecule has 1 aliphatic rings. The minimum Gasteiger partial charge on any atom is -0.506 e. The largest absolute Gasteiger partial charge is 0.506 e. The Morgan fingerprint density at radius 3 is 2.68 bits per heavy atom. The minimum absolute atomic E-state index is 0.226. The van der Waals surface area contributed by atoms with E-state index in [0.29, 0.717) is 5.69 Å². The first-order valence-corrected chi connectivity index (χ1v) is 6.77. The molecule has 0 fully saturated rings. The summed E-state index contributed by atoms with van der Waals surface area (Å²) in [7, 11) is 0. The lowest BCUT2D eigenvalue weighted by molar-refractivity contribution is 0.477. The molecule has 0 bridgehead atoms. The fraction of sp³-hybridized carbons (Fsp3) is 0.235. The summed E-state index contributed by atoms with van der Waals surface area (Å²) in [6, 6.07) is 13.6. The second kappa shape index (κ2) is 5.27. The fourth-order valence-corrected chi connectivity index (χ4v) is 2.64. The lowest BCUT2D eigenvalue weighted by atomic mass is 9.88. The summed E-state index contributed by atoms with van der Waals surface area (Å²) in [4.78, 5) is 4.41. The fourth-order valence-electron chi connectivity index (χ4n) is 2.64. The van der Waals surface area contributed by atoms with Crippen molar-refractivity contribution in [3.05, 3.63) is 59.2 Å². The quantitative estimate of drug-likeness (QED) is 0.803. The van der Waals surface area contributed by atoms with Crippen molar-refractivity contribution in [3.63, 3.8) is 0 Å². The van der Waals surface area contributed by atoms with Crippen LogP contribution in [0, 0.1) is 0 Å². The summed E-state index contributed by atoms with van der Waals surface area (Å²) in [6.07, 6.45) is 6.73. The topological polar surface area (TPSA) is 32.6 Å². The highest BCUT2D eigenvalue weighted by atomic mass is 16.3. The van der Waals surface area contributed by atoms with Crippen LogP contribution in [0.2, 0.25) is 0 Å². The van der Waals surface area contributed by atoms with Crippen LogP contribution in [0.3, 0.4) is 0 Å². The van der Waals surface area contributed by atoms with Crippen LogP contribution in [0.25, 0.3) is 0 Å². The highest BCUT2D eigenvalue weighted by Gasteiger charge is 2.11. The molecule has 0 amide bonds. The van der Waals surface area contributed by atoms with Crippen LogP contribution < -0.4 is 0 Å². The lowest BCUT2D eigenvalue weighted by Crippen LogP contribution is -2.05. The molecular formula is C17H17NO. The molecule has 0 saturated heterocycles. The van der Waals surface area contributed by atoms with E-state index in [1.807, 2.05) is 18.3 Å². The number of nitrogens with zero attached hydrogens (tertiary/aromatic N) is 1. The number of phenolic OH excluding ortho intramolecular Hbond substituents is 1. The molecule has 2 aromatic carbocycles. The molecule has 0 radical (unpaired) electrons. The van der Waals surface area contributed by atoms with Gasteiger partial charge in [0.05, 0.1) is 0 Å². The van der Waals surface area contributed by atoms with Crippen molar-refractivity contribution in [2.24, 2.45) is 4.99 Å².